The Hall–Kier alpha value is -2.15. The fourth-order valence-electron chi connectivity index (χ4n) is 2.64. The summed E-state index contributed by atoms with van der Waals surface area (Å²) in [4.78, 5) is 32.3. The van der Waals surface area contributed by atoms with Gasteiger partial charge in [-0.25, -0.2) is 19.5 Å². The van der Waals surface area contributed by atoms with E-state index in [0.717, 1.165) is 13.3 Å². The molecule has 1 aliphatic rings. The van der Waals surface area contributed by atoms with Gasteiger partial charge in [0.25, 0.3) is 0 Å². The van der Waals surface area contributed by atoms with Gasteiger partial charge in [0.15, 0.2) is 23.5 Å². The molecule has 2 aromatic rings. The van der Waals surface area contributed by atoms with Crippen LogP contribution in [0.3, 0.4) is 0 Å². The molecule has 0 aromatic carbocycles. The van der Waals surface area contributed by atoms with Crippen molar-refractivity contribution < 1.29 is 38.8 Å². The number of hydrogen-bond acceptors (Lipinski definition) is 11. The van der Waals surface area contributed by atoms with E-state index in [-0.39, 0.29) is 17.0 Å². The van der Waals surface area contributed by atoms with Crippen molar-refractivity contribution in [3.05, 3.63) is 12.7 Å². The summed E-state index contributed by atoms with van der Waals surface area (Å²) < 4.78 is 22.7. The van der Waals surface area contributed by atoms with Crippen LogP contribution in [0.2, 0.25) is 0 Å². The smallest absolute Gasteiger partial charge is 0.390 e. The van der Waals surface area contributed by atoms with Crippen LogP contribution < -0.4 is 5.73 Å². The van der Waals surface area contributed by atoms with E-state index in [9.17, 15) is 29.6 Å². The predicted octanol–water partition coefficient (Wildman–Crippen LogP) is -1.91. The zero-order valence-corrected chi connectivity index (χ0v) is 14.2. The number of nitrogens with zero attached hydrogens (tertiary/aromatic N) is 4. The fourth-order valence-corrected chi connectivity index (χ4v) is 3.74. The highest BCUT2D eigenvalue weighted by molar-refractivity contribution is 7.54. The molecule has 0 spiro atoms. The summed E-state index contributed by atoms with van der Waals surface area (Å²) in [5, 5.41) is 30.4. The summed E-state index contributed by atoms with van der Waals surface area (Å²) in [5.41, 5.74) is 6.07. The Labute approximate surface area is 145 Å². The van der Waals surface area contributed by atoms with Crippen LogP contribution in [0, 0.1) is 0 Å². The minimum absolute atomic E-state index is 0.0769. The van der Waals surface area contributed by atoms with Gasteiger partial charge >= 0.3 is 13.6 Å². The molecule has 3 heterocycles. The first kappa shape index (κ1) is 18.6. The average Bonchev–Trinajstić information content (AvgIpc) is 3.09. The maximum absolute atomic E-state index is 11.9. The molecule has 1 saturated heterocycles. The Morgan fingerprint density at radius 1 is 1.38 bits per heavy atom. The van der Waals surface area contributed by atoms with E-state index in [0.29, 0.717) is 0 Å². The molecule has 1 fully saturated rings. The molecule has 6 N–H and O–H groups in total. The third-order valence-electron chi connectivity index (χ3n) is 3.82. The van der Waals surface area contributed by atoms with Crippen molar-refractivity contribution in [3.8, 4) is 0 Å². The Morgan fingerprint density at radius 2 is 2.08 bits per heavy atom. The second-order valence-corrected chi connectivity index (χ2v) is 7.46. The maximum atomic E-state index is 11.9. The average molecular weight is 389 g/mol. The van der Waals surface area contributed by atoms with Gasteiger partial charge in [-0.2, -0.15) is 0 Å². The number of nitrogens with two attached hydrogens (primary N) is 1. The van der Waals surface area contributed by atoms with Gasteiger partial charge in [0.05, 0.1) is 6.33 Å². The quantitative estimate of drug-likeness (QED) is 0.364. The van der Waals surface area contributed by atoms with E-state index in [1.807, 2.05) is 0 Å². The first-order chi connectivity index (χ1) is 12.1. The van der Waals surface area contributed by atoms with E-state index in [1.54, 1.807) is 0 Å². The molecule has 2 aromatic heterocycles. The number of imidazole rings is 1. The van der Waals surface area contributed by atoms with Crippen LogP contribution in [0.15, 0.2) is 12.7 Å². The number of ether oxygens (including phenoxy) is 1. The van der Waals surface area contributed by atoms with Gasteiger partial charge in [0.1, 0.15) is 30.2 Å². The SMILES string of the molecule is CC(=O)OP(=O)(O)C(O)[C@H]1O[C@@H](n2cnc3c(N)ncnc32)[C@H](O)[C@@H]1O. The highest BCUT2D eigenvalue weighted by Crippen LogP contribution is 2.51. The van der Waals surface area contributed by atoms with Gasteiger partial charge in [0, 0.05) is 6.92 Å². The van der Waals surface area contributed by atoms with Crippen LogP contribution in [0.5, 0.6) is 0 Å². The van der Waals surface area contributed by atoms with Gasteiger partial charge in [-0.3, -0.25) is 9.36 Å². The lowest BCUT2D eigenvalue weighted by atomic mass is 10.1. The molecule has 0 saturated carbocycles. The summed E-state index contributed by atoms with van der Waals surface area (Å²) in [6, 6.07) is 0. The molecule has 0 radical (unpaired) electrons. The standard InChI is InChI=1S/C12H16N5O8P/c1-4(18)25-26(22,23)12(21)8-6(19)7(20)11(24-8)17-3-16-5-9(13)14-2-15-10(5)17/h2-3,6-8,11-12,19-21H,1H3,(H,22,23)(H2,13,14,15)/t6-,7+,8-,11+,12?/m0/s1. The van der Waals surface area contributed by atoms with Crippen molar-refractivity contribution in [1.82, 2.24) is 19.5 Å². The molecular formula is C12H16N5O8P. The van der Waals surface area contributed by atoms with Gasteiger partial charge in [-0.15, -0.1) is 0 Å². The van der Waals surface area contributed by atoms with Gasteiger partial charge in [-0.05, 0) is 0 Å². The lowest BCUT2D eigenvalue weighted by Crippen LogP contribution is -2.39. The number of carbonyl (C=O) groups is 1. The highest BCUT2D eigenvalue weighted by atomic mass is 31.2. The molecule has 26 heavy (non-hydrogen) atoms. The number of aromatic nitrogens is 4. The van der Waals surface area contributed by atoms with Crippen molar-refractivity contribution >= 4 is 30.5 Å². The summed E-state index contributed by atoms with van der Waals surface area (Å²) >= 11 is 0. The second-order valence-electron chi connectivity index (χ2n) is 5.62. The molecular weight excluding hydrogens is 373 g/mol. The van der Waals surface area contributed by atoms with Crippen molar-refractivity contribution in [1.29, 1.82) is 0 Å². The summed E-state index contributed by atoms with van der Waals surface area (Å²) in [6.45, 7) is 0.876. The van der Waals surface area contributed by atoms with Crippen molar-refractivity contribution in [3.63, 3.8) is 0 Å². The number of carbonyl (C=O) groups excluding carboxylic acids is 1. The van der Waals surface area contributed by atoms with Gasteiger partial charge in [-0.1, -0.05) is 0 Å². The van der Waals surface area contributed by atoms with Crippen molar-refractivity contribution in [2.45, 2.75) is 37.3 Å². The predicted molar refractivity (Wildman–Crippen MR) is 83.3 cm³/mol. The van der Waals surface area contributed by atoms with Crippen LogP contribution in [0.4, 0.5) is 5.82 Å². The van der Waals surface area contributed by atoms with Crippen LogP contribution in [-0.2, 0) is 18.6 Å². The minimum atomic E-state index is -4.87. The lowest BCUT2D eigenvalue weighted by molar-refractivity contribution is -0.133. The molecule has 0 amide bonds. The maximum Gasteiger partial charge on any atom is 0.409 e. The number of anilines is 1. The molecule has 0 aliphatic carbocycles. The number of aliphatic hydroxyl groups is 3. The van der Waals surface area contributed by atoms with E-state index < -0.39 is 43.9 Å². The Kier molecular flexibility index (Phi) is 4.69. The molecule has 13 nitrogen and oxygen atoms in total. The number of hydrogen-bond donors (Lipinski definition) is 5. The molecule has 2 unspecified atom stereocenters. The molecule has 3 rings (SSSR count). The fraction of sp³-hybridized carbons (Fsp3) is 0.500. The van der Waals surface area contributed by atoms with Crippen LogP contribution >= 0.6 is 7.60 Å². The Bertz CT molecular complexity index is 890. The molecule has 6 atom stereocenters. The first-order valence-corrected chi connectivity index (χ1v) is 8.93. The minimum Gasteiger partial charge on any atom is -0.390 e. The highest BCUT2D eigenvalue weighted by Gasteiger charge is 2.53. The number of rotatable bonds is 4. The Balaban J connectivity index is 1.91. The lowest BCUT2D eigenvalue weighted by Gasteiger charge is -2.23. The topological polar surface area (TPSA) is 203 Å². The number of fused-ring (bicyclic) bond motifs is 1. The van der Waals surface area contributed by atoms with Crippen LogP contribution in [-0.4, -0.2) is 69.9 Å². The van der Waals surface area contributed by atoms with Crippen molar-refractivity contribution in [2.24, 2.45) is 0 Å². The molecule has 14 heteroatoms. The summed E-state index contributed by atoms with van der Waals surface area (Å²) in [6.07, 6.45) is -4.02. The van der Waals surface area contributed by atoms with Crippen LogP contribution in [0.25, 0.3) is 11.2 Å². The largest absolute Gasteiger partial charge is 0.409 e. The normalized spacial score (nSPS) is 29.4. The van der Waals surface area contributed by atoms with E-state index in [2.05, 4.69) is 19.5 Å². The summed E-state index contributed by atoms with van der Waals surface area (Å²) in [7, 11) is -4.87. The molecule has 0 bridgehead atoms. The third-order valence-corrected chi connectivity index (χ3v) is 5.31. The van der Waals surface area contributed by atoms with Gasteiger partial charge < -0.3 is 35.2 Å². The first-order valence-electron chi connectivity index (χ1n) is 7.29. The van der Waals surface area contributed by atoms with E-state index in [1.165, 1.54) is 10.9 Å². The van der Waals surface area contributed by atoms with E-state index >= 15 is 0 Å². The zero-order chi connectivity index (χ0) is 19.2. The molecule has 1 aliphatic heterocycles. The number of aliphatic hydroxyl groups excluding tert-OH is 3. The third kappa shape index (κ3) is 3.05. The second kappa shape index (κ2) is 6.54. The Morgan fingerprint density at radius 3 is 2.73 bits per heavy atom. The van der Waals surface area contributed by atoms with E-state index in [4.69, 9.17) is 10.5 Å². The summed E-state index contributed by atoms with van der Waals surface area (Å²) in [5.74, 6) is -3.31. The zero-order valence-electron chi connectivity index (χ0n) is 13.3. The monoisotopic (exact) mass is 389 g/mol. The van der Waals surface area contributed by atoms with Crippen LogP contribution in [0.1, 0.15) is 13.2 Å². The number of nitrogen functional groups attached to an aromatic ring is 1. The van der Waals surface area contributed by atoms with Crippen molar-refractivity contribution in [2.75, 3.05) is 5.73 Å². The molecule has 142 valence electrons. The van der Waals surface area contributed by atoms with Gasteiger partial charge in [0.2, 0.25) is 0 Å².